The summed E-state index contributed by atoms with van der Waals surface area (Å²) in [6.45, 7) is 2.06. The minimum absolute atomic E-state index is 0.0720. The number of anilines is 1. The molecule has 2 amide bonds. The van der Waals surface area contributed by atoms with Gasteiger partial charge in [-0.2, -0.15) is 0 Å². The molecule has 0 aliphatic carbocycles. The third kappa shape index (κ3) is 3.61. The smallest absolute Gasteiger partial charge is 0.316 e. The standard InChI is InChI=1S/C17H23N5O/c1-11-9-15(18)22(2)16(19-11)21-17(23)20-14-8-7-12-5-3-4-6-13(12)10-14/h3-8,10-11,15-16,19H,9,18H2,1-2H3,(H2,20,21,23). The molecule has 1 saturated heterocycles. The second kappa shape index (κ2) is 6.54. The molecule has 1 aliphatic heterocycles. The number of nitrogens with zero attached hydrogens (tertiary/aromatic N) is 1. The molecule has 3 atom stereocenters. The summed E-state index contributed by atoms with van der Waals surface area (Å²) < 4.78 is 0. The maximum Gasteiger partial charge on any atom is 0.321 e. The van der Waals surface area contributed by atoms with Gasteiger partial charge in [0.15, 0.2) is 0 Å². The van der Waals surface area contributed by atoms with Crippen molar-refractivity contribution in [1.82, 2.24) is 15.5 Å². The molecule has 5 N–H and O–H groups in total. The summed E-state index contributed by atoms with van der Waals surface area (Å²) in [5, 5.41) is 11.3. The van der Waals surface area contributed by atoms with E-state index in [9.17, 15) is 4.79 Å². The highest BCUT2D eigenvalue weighted by Gasteiger charge is 2.29. The first-order valence-electron chi connectivity index (χ1n) is 7.83. The third-order valence-electron chi connectivity index (χ3n) is 4.24. The first kappa shape index (κ1) is 15.7. The van der Waals surface area contributed by atoms with Gasteiger partial charge < -0.3 is 16.4 Å². The zero-order chi connectivity index (χ0) is 16.4. The van der Waals surface area contributed by atoms with Crippen LogP contribution < -0.4 is 21.7 Å². The number of rotatable bonds is 2. The number of benzene rings is 2. The van der Waals surface area contributed by atoms with Crippen molar-refractivity contribution in [3.05, 3.63) is 42.5 Å². The maximum absolute atomic E-state index is 12.2. The molecule has 2 aromatic carbocycles. The fourth-order valence-electron chi connectivity index (χ4n) is 2.88. The number of fused-ring (bicyclic) bond motifs is 1. The molecule has 6 nitrogen and oxygen atoms in total. The number of carbonyl (C=O) groups is 1. The van der Waals surface area contributed by atoms with Gasteiger partial charge in [-0.1, -0.05) is 30.3 Å². The Labute approximate surface area is 136 Å². The summed E-state index contributed by atoms with van der Waals surface area (Å²) in [6.07, 6.45) is 0.493. The number of hydrogen-bond acceptors (Lipinski definition) is 4. The van der Waals surface area contributed by atoms with Gasteiger partial charge in [-0.25, -0.2) is 4.79 Å². The van der Waals surface area contributed by atoms with Gasteiger partial charge in [0.25, 0.3) is 0 Å². The fraction of sp³-hybridized carbons (Fsp3) is 0.353. The summed E-state index contributed by atoms with van der Waals surface area (Å²) in [4.78, 5) is 14.2. The van der Waals surface area contributed by atoms with Crippen LogP contribution in [-0.2, 0) is 0 Å². The van der Waals surface area contributed by atoms with Gasteiger partial charge in [0.1, 0.15) is 6.29 Å². The van der Waals surface area contributed by atoms with Gasteiger partial charge in [0.05, 0.1) is 6.17 Å². The Morgan fingerprint density at radius 3 is 2.78 bits per heavy atom. The molecule has 0 radical (unpaired) electrons. The number of hydrogen-bond donors (Lipinski definition) is 4. The van der Waals surface area contributed by atoms with E-state index in [4.69, 9.17) is 5.73 Å². The van der Waals surface area contributed by atoms with E-state index in [2.05, 4.69) is 22.9 Å². The Bertz CT molecular complexity index is 704. The van der Waals surface area contributed by atoms with Crippen LogP contribution in [0.5, 0.6) is 0 Å². The van der Waals surface area contributed by atoms with Crippen molar-refractivity contribution < 1.29 is 4.79 Å². The van der Waals surface area contributed by atoms with Gasteiger partial charge >= 0.3 is 6.03 Å². The second-order valence-corrected chi connectivity index (χ2v) is 6.10. The molecule has 2 aromatic rings. The van der Waals surface area contributed by atoms with Crippen molar-refractivity contribution in [1.29, 1.82) is 0 Å². The van der Waals surface area contributed by atoms with E-state index in [0.717, 1.165) is 22.9 Å². The summed E-state index contributed by atoms with van der Waals surface area (Å²) in [5.74, 6) is 0. The predicted molar refractivity (Wildman–Crippen MR) is 92.8 cm³/mol. The van der Waals surface area contributed by atoms with Crippen LogP contribution in [0.3, 0.4) is 0 Å². The van der Waals surface area contributed by atoms with E-state index in [1.54, 1.807) is 0 Å². The van der Waals surface area contributed by atoms with Crippen LogP contribution in [0.15, 0.2) is 42.5 Å². The summed E-state index contributed by atoms with van der Waals surface area (Å²) >= 11 is 0. The average molecular weight is 313 g/mol. The predicted octanol–water partition coefficient (Wildman–Crippen LogP) is 1.84. The minimum Gasteiger partial charge on any atom is -0.316 e. The van der Waals surface area contributed by atoms with Crippen LogP contribution >= 0.6 is 0 Å². The molecule has 3 unspecified atom stereocenters. The van der Waals surface area contributed by atoms with Gasteiger partial charge in [0, 0.05) is 11.7 Å². The largest absolute Gasteiger partial charge is 0.321 e. The maximum atomic E-state index is 12.2. The van der Waals surface area contributed by atoms with Gasteiger partial charge in [0.2, 0.25) is 0 Å². The quantitative estimate of drug-likeness (QED) is 0.682. The molecule has 0 bridgehead atoms. The Morgan fingerprint density at radius 1 is 1.26 bits per heavy atom. The number of nitrogens with one attached hydrogen (secondary N) is 3. The Kier molecular flexibility index (Phi) is 4.47. The molecule has 1 heterocycles. The monoisotopic (exact) mass is 313 g/mol. The molecule has 0 saturated carbocycles. The lowest BCUT2D eigenvalue weighted by atomic mass is 10.1. The van der Waals surface area contributed by atoms with Crippen molar-refractivity contribution >= 4 is 22.5 Å². The first-order chi connectivity index (χ1) is 11.0. The van der Waals surface area contributed by atoms with E-state index in [1.807, 2.05) is 54.4 Å². The topological polar surface area (TPSA) is 82.4 Å². The first-order valence-corrected chi connectivity index (χ1v) is 7.83. The lowest BCUT2D eigenvalue weighted by Crippen LogP contribution is -2.67. The molecule has 0 aromatic heterocycles. The van der Waals surface area contributed by atoms with Crippen molar-refractivity contribution in [2.75, 3.05) is 12.4 Å². The molecule has 122 valence electrons. The zero-order valence-electron chi connectivity index (χ0n) is 13.4. The highest BCUT2D eigenvalue weighted by atomic mass is 16.2. The van der Waals surface area contributed by atoms with E-state index >= 15 is 0 Å². The number of nitrogens with two attached hydrogens (primary N) is 1. The fourth-order valence-corrected chi connectivity index (χ4v) is 2.88. The Morgan fingerprint density at radius 2 is 2.00 bits per heavy atom. The van der Waals surface area contributed by atoms with E-state index < -0.39 is 0 Å². The van der Waals surface area contributed by atoms with E-state index in [0.29, 0.717) is 0 Å². The van der Waals surface area contributed by atoms with Crippen LogP contribution in [0.25, 0.3) is 10.8 Å². The summed E-state index contributed by atoms with van der Waals surface area (Å²) in [6, 6.07) is 13.9. The van der Waals surface area contributed by atoms with Crippen LogP contribution in [0.1, 0.15) is 13.3 Å². The zero-order valence-corrected chi connectivity index (χ0v) is 13.4. The van der Waals surface area contributed by atoms with Crippen molar-refractivity contribution in [3.63, 3.8) is 0 Å². The molecule has 0 spiro atoms. The van der Waals surface area contributed by atoms with Gasteiger partial charge in [-0.05, 0) is 43.3 Å². The molecule has 1 aliphatic rings. The van der Waals surface area contributed by atoms with E-state index in [-0.39, 0.29) is 24.5 Å². The SMILES string of the molecule is CC1CC(N)N(C)C(NC(=O)Nc2ccc3ccccc3c2)N1. The highest BCUT2D eigenvalue weighted by Crippen LogP contribution is 2.18. The van der Waals surface area contributed by atoms with Crippen LogP contribution in [0.2, 0.25) is 0 Å². The highest BCUT2D eigenvalue weighted by molar-refractivity contribution is 5.93. The van der Waals surface area contributed by atoms with Crippen molar-refractivity contribution in [2.45, 2.75) is 31.8 Å². The Hall–Kier alpha value is -2.15. The van der Waals surface area contributed by atoms with Gasteiger partial charge in [-0.3, -0.25) is 10.2 Å². The molecular formula is C17H23N5O. The molecule has 23 heavy (non-hydrogen) atoms. The van der Waals surface area contributed by atoms with Gasteiger partial charge in [-0.15, -0.1) is 0 Å². The minimum atomic E-state index is -0.283. The van der Waals surface area contributed by atoms with Crippen LogP contribution in [-0.4, -0.2) is 36.5 Å². The lowest BCUT2D eigenvalue weighted by Gasteiger charge is -2.41. The number of urea groups is 1. The summed E-state index contributed by atoms with van der Waals surface area (Å²) in [5.41, 5.74) is 6.82. The van der Waals surface area contributed by atoms with Crippen LogP contribution in [0, 0.1) is 0 Å². The van der Waals surface area contributed by atoms with Crippen LogP contribution in [0.4, 0.5) is 10.5 Å². The average Bonchev–Trinajstić information content (AvgIpc) is 2.52. The third-order valence-corrected chi connectivity index (χ3v) is 4.24. The number of amides is 2. The van der Waals surface area contributed by atoms with E-state index in [1.165, 1.54) is 0 Å². The molecule has 3 rings (SSSR count). The van der Waals surface area contributed by atoms with Crippen molar-refractivity contribution in [2.24, 2.45) is 5.73 Å². The lowest BCUT2D eigenvalue weighted by molar-refractivity contribution is 0.0654. The second-order valence-electron chi connectivity index (χ2n) is 6.10. The number of carbonyl (C=O) groups excluding carboxylic acids is 1. The molecule has 6 heteroatoms. The summed E-state index contributed by atoms with van der Waals surface area (Å²) in [7, 11) is 1.89. The molecule has 1 fully saturated rings. The normalized spacial score (nSPS) is 25.3. The van der Waals surface area contributed by atoms with Crippen molar-refractivity contribution in [3.8, 4) is 0 Å². The molecular weight excluding hydrogens is 290 g/mol. The Balaban J connectivity index is 1.66.